The van der Waals surface area contributed by atoms with Crippen LogP contribution in [0.3, 0.4) is 0 Å². The van der Waals surface area contributed by atoms with Crippen LogP contribution in [0.1, 0.15) is 23.1 Å². The number of ether oxygens (including phenoxy) is 4. The number of terminal acetylenes is 1. The molecule has 0 aliphatic carbocycles. The molecule has 0 radical (unpaired) electrons. The Kier molecular flexibility index (Phi) is 14.1. The van der Waals surface area contributed by atoms with E-state index in [1.54, 1.807) is 54.6 Å². The van der Waals surface area contributed by atoms with Crippen molar-refractivity contribution >= 4 is 35.1 Å². The molecule has 2 heterocycles. The summed E-state index contributed by atoms with van der Waals surface area (Å²) in [4.78, 5) is 31.0. The number of carbonyl (C=O) groups is 2. The van der Waals surface area contributed by atoms with Gasteiger partial charge in [0.2, 0.25) is 5.82 Å². The van der Waals surface area contributed by atoms with Crippen molar-refractivity contribution in [2.24, 2.45) is 5.73 Å². The van der Waals surface area contributed by atoms with Crippen LogP contribution in [-0.4, -0.2) is 63.0 Å². The first kappa shape index (κ1) is 41.9. The van der Waals surface area contributed by atoms with Gasteiger partial charge < -0.3 is 24.7 Å². The van der Waals surface area contributed by atoms with Crippen molar-refractivity contribution in [3.05, 3.63) is 112 Å². The molecule has 1 unspecified atom stereocenters. The molecule has 0 bridgehead atoms. The number of carbonyl (C=O) groups excluding carboxylic acids is 2. The van der Waals surface area contributed by atoms with E-state index < -0.39 is 49.1 Å². The van der Waals surface area contributed by atoms with E-state index in [2.05, 4.69) is 25.7 Å². The number of hydrogen-bond donors (Lipinski definition) is 1. The van der Waals surface area contributed by atoms with Crippen molar-refractivity contribution in [2.75, 3.05) is 13.2 Å². The molecule has 2 aromatic heterocycles. The van der Waals surface area contributed by atoms with Gasteiger partial charge in [-0.2, -0.15) is 22.0 Å². The summed E-state index contributed by atoms with van der Waals surface area (Å²) in [5, 5.41) is 4.31. The standard InChI is InChI=1S/C19H14ClF5N4O2.C17H13ClFNO4/c20-14-7-6-13(8-12(14)9-31-10-18(21,22)19(23,24)25)29-17(11-4-2-1-3-5-11)27-16(28-29)15(26)30;1-3-8-22-17(21)11(2)23-13-4-6-14(7-5-13)24-16-15(19)9-12(18)10-20-16/h1-8H,9-10H2,(H2,26,30);1,4-7,9-11H,8H2,2H3. The molecule has 5 aromatic rings. The number of pyridine rings is 1. The maximum absolute atomic E-state index is 13.6. The average Bonchev–Trinajstić information content (AvgIpc) is 3.60. The fourth-order valence-electron chi connectivity index (χ4n) is 4.20. The van der Waals surface area contributed by atoms with Crippen LogP contribution in [0.4, 0.5) is 26.3 Å². The normalized spacial score (nSPS) is 11.8. The van der Waals surface area contributed by atoms with Crippen molar-refractivity contribution in [3.63, 3.8) is 0 Å². The monoisotopic (exact) mass is 809 g/mol. The number of primary amides is 1. The molecule has 0 saturated carbocycles. The SMILES string of the molecule is C#CCOC(=O)C(C)Oc1ccc(Oc2ncc(Cl)cc2F)cc1.NC(=O)c1nc(-c2ccccc2)n(-c2ccc(Cl)c(COCC(F)(F)C(F)(F)F)c2)n1. The van der Waals surface area contributed by atoms with Crippen LogP contribution in [0.15, 0.2) is 85.1 Å². The zero-order chi connectivity index (χ0) is 40.3. The Bertz CT molecular complexity index is 2150. The molecule has 1 atom stereocenters. The number of nitrogens with two attached hydrogens (primary N) is 1. The van der Waals surface area contributed by atoms with Gasteiger partial charge in [0, 0.05) is 16.8 Å². The van der Waals surface area contributed by atoms with E-state index in [1.165, 1.54) is 36.0 Å². The number of hydrogen-bond acceptors (Lipinski definition) is 9. The van der Waals surface area contributed by atoms with Crippen molar-refractivity contribution in [2.45, 2.75) is 31.7 Å². The van der Waals surface area contributed by atoms with E-state index >= 15 is 0 Å². The lowest BCUT2D eigenvalue weighted by Crippen LogP contribution is -2.40. The Balaban J connectivity index is 0.000000253. The van der Waals surface area contributed by atoms with E-state index in [0.29, 0.717) is 22.7 Å². The van der Waals surface area contributed by atoms with Crippen LogP contribution >= 0.6 is 23.2 Å². The van der Waals surface area contributed by atoms with Crippen LogP contribution in [0, 0.1) is 18.2 Å². The fraction of sp³-hybridized carbons (Fsp3) is 0.194. The number of benzene rings is 3. The Morgan fingerprint density at radius 1 is 0.982 bits per heavy atom. The number of amides is 1. The van der Waals surface area contributed by atoms with Gasteiger partial charge in [0.25, 0.3) is 11.8 Å². The summed E-state index contributed by atoms with van der Waals surface area (Å²) < 4.78 is 97.9. The molecule has 1 amide bonds. The number of aromatic nitrogens is 4. The first-order chi connectivity index (χ1) is 26.0. The summed E-state index contributed by atoms with van der Waals surface area (Å²) in [6.07, 6.45) is -0.260. The van der Waals surface area contributed by atoms with Gasteiger partial charge in [-0.15, -0.1) is 11.5 Å². The number of halogens is 8. The van der Waals surface area contributed by atoms with Crippen LogP contribution < -0.4 is 15.2 Å². The highest BCUT2D eigenvalue weighted by Crippen LogP contribution is 2.36. The first-order valence-electron chi connectivity index (χ1n) is 15.5. The molecular weight excluding hydrogens is 783 g/mol. The van der Waals surface area contributed by atoms with Gasteiger partial charge in [0.15, 0.2) is 24.4 Å². The molecule has 11 nitrogen and oxygen atoms in total. The zero-order valence-electron chi connectivity index (χ0n) is 28.2. The summed E-state index contributed by atoms with van der Waals surface area (Å²) >= 11 is 11.7. The molecule has 0 aliphatic rings. The highest BCUT2D eigenvalue weighted by atomic mass is 35.5. The van der Waals surface area contributed by atoms with E-state index in [4.69, 9.17) is 49.6 Å². The molecule has 0 saturated heterocycles. The third kappa shape index (κ3) is 11.6. The molecule has 5 rings (SSSR count). The summed E-state index contributed by atoms with van der Waals surface area (Å²) in [5.74, 6) is -4.36. The largest absolute Gasteiger partial charge is 0.479 e. The minimum absolute atomic E-state index is 0.0792. The van der Waals surface area contributed by atoms with Crippen LogP contribution in [0.25, 0.3) is 17.1 Å². The van der Waals surface area contributed by atoms with Gasteiger partial charge >= 0.3 is 18.1 Å². The predicted octanol–water partition coefficient (Wildman–Crippen LogP) is 8.01. The maximum atomic E-state index is 13.6. The molecule has 55 heavy (non-hydrogen) atoms. The molecular formula is C36H27Cl2F6N5O6. The smallest absolute Gasteiger partial charge is 0.455 e. The number of rotatable bonds is 13. The molecule has 0 aliphatic heterocycles. The van der Waals surface area contributed by atoms with Gasteiger partial charge in [-0.1, -0.05) is 59.5 Å². The third-order valence-corrected chi connectivity index (χ3v) is 7.42. The highest BCUT2D eigenvalue weighted by Gasteiger charge is 2.57. The highest BCUT2D eigenvalue weighted by molar-refractivity contribution is 6.31. The Morgan fingerprint density at radius 3 is 2.27 bits per heavy atom. The zero-order valence-corrected chi connectivity index (χ0v) is 29.7. The summed E-state index contributed by atoms with van der Waals surface area (Å²) in [7, 11) is 0. The molecule has 0 spiro atoms. The van der Waals surface area contributed by atoms with Crippen LogP contribution in [0.2, 0.25) is 10.0 Å². The summed E-state index contributed by atoms with van der Waals surface area (Å²) in [6.45, 7) is -1.05. The third-order valence-electron chi connectivity index (χ3n) is 6.84. The first-order valence-corrected chi connectivity index (χ1v) is 16.2. The molecule has 2 N–H and O–H groups in total. The van der Waals surface area contributed by atoms with Gasteiger partial charge in [-0.25, -0.2) is 23.8 Å². The topological polar surface area (TPSA) is 141 Å². The van der Waals surface area contributed by atoms with Crippen molar-refractivity contribution in [1.29, 1.82) is 0 Å². The second-order valence-electron chi connectivity index (χ2n) is 11.0. The van der Waals surface area contributed by atoms with Gasteiger partial charge in [0.05, 0.1) is 17.3 Å². The molecule has 288 valence electrons. The van der Waals surface area contributed by atoms with Crippen molar-refractivity contribution in [1.82, 2.24) is 19.7 Å². The minimum atomic E-state index is -5.73. The van der Waals surface area contributed by atoms with E-state index in [1.807, 2.05) is 0 Å². The second kappa shape index (κ2) is 18.5. The Morgan fingerprint density at radius 2 is 1.65 bits per heavy atom. The second-order valence-corrected chi connectivity index (χ2v) is 11.8. The lowest BCUT2D eigenvalue weighted by atomic mass is 10.2. The quantitative estimate of drug-likeness (QED) is 0.0712. The van der Waals surface area contributed by atoms with Crippen LogP contribution in [-0.2, 0) is 20.9 Å². The van der Waals surface area contributed by atoms with E-state index in [9.17, 15) is 35.9 Å². The maximum Gasteiger partial charge on any atom is 0.455 e. The number of nitrogens with zero attached hydrogens (tertiary/aromatic N) is 4. The molecule has 3 aromatic carbocycles. The Labute approximate surface area is 318 Å². The lowest BCUT2D eigenvalue weighted by Gasteiger charge is -2.19. The predicted molar refractivity (Wildman–Crippen MR) is 187 cm³/mol. The van der Waals surface area contributed by atoms with Crippen molar-refractivity contribution in [3.8, 4) is 46.8 Å². The number of alkyl halides is 5. The van der Waals surface area contributed by atoms with Crippen molar-refractivity contribution < 1.29 is 54.9 Å². The van der Waals surface area contributed by atoms with Gasteiger partial charge in [-0.3, -0.25) is 4.79 Å². The molecule has 19 heteroatoms. The Hall–Kier alpha value is -5.83. The minimum Gasteiger partial charge on any atom is -0.479 e. The van der Waals surface area contributed by atoms with Gasteiger partial charge in [0.1, 0.15) is 18.1 Å². The molecule has 0 fully saturated rings. The number of esters is 1. The average molecular weight is 811 g/mol. The van der Waals surface area contributed by atoms with Gasteiger partial charge in [-0.05, 0) is 61.0 Å². The summed E-state index contributed by atoms with van der Waals surface area (Å²) in [5.41, 5.74) is 6.31. The fourth-order valence-corrected chi connectivity index (χ4v) is 4.52. The lowest BCUT2D eigenvalue weighted by molar-refractivity contribution is -0.297. The van der Waals surface area contributed by atoms with Crippen LogP contribution in [0.5, 0.6) is 17.4 Å². The van der Waals surface area contributed by atoms with E-state index in [-0.39, 0.29) is 39.7 Å². The van der Waals surface area contributed by atoms with E-state index in [0.717, 1.165) is 6.07 Å². The summed E-state index contributed by atoms with van der Waals surface area (Å²) in [6, 6.07) is 20.3.